The Balaban J connectivity index is 2.61. The highest BCUT2D eigenvalue weighted by atomic mass is 32.1. The first-order valence-corrected chi connectivity index (χ1v) is 5.83. The zero-order valence-corrected chi connectivity index (χ0v) is 9.53. The van der Waals surface area contributed by atoms with Crippen LogP contribution in [-0.4, -0.2) is 0 Å². The van der Waals surface area contributed by atoms with Crippen molar-refractivity contribution < 1.29 is 0 Å². The average Bonchev–Trinajstić information content (AvgIpc) is 2.51. The van der Waals surface area contributed by atoms with E-state index in [0.717, 1.165) is 0 Å². The van der Waals surface area contributed by atoms with Gasteiger partial charge >= 0.3 is 0 Å². The van der Waals surface area contributed by atoms with E-state index in [1.54, 1.807) is 11.3 Å². The van der Waals surface area contributed by atoms with Gasteiger partial charge in [0, 0.05) is 10.9 Å². The second-order valence-electron chi connectivity index (χ2n) is 3.78. The lowest BCUT2D eigenvalue weighted by molar-refractivity contribution is 0.434. The van der Waals surface area contributed by atoms with Crippen LogP contribution < -0.4 is 5.73 Å². The fourth-order valence-electron chi connectivity index (χ4n) is 1.60. The van der Waals surface area contributed by atoms with Crippen LogP contribution in [0.1, 0.15) is 43.2 Å². The van der Waals surface area contributed by atoms with E-state index in [1.165, 1.54) is 23.3 Å². The minimum absolute atomic E-state index is 0.227. The molecule has 2 atom stereocenters. The monoisotopic (exact) mass is 197 g/mol. The van der Waals surface area contributed by atoms with Gasteiger partial charge in [0.2, 0.25) is 0 Å². The predicted octanol–water partition coefficient (Wildman–Crippen LogP) is 3.49. The van der Waals surface area contributed by atoms with Crippen LogP contribution in [0.4, 0.5) is 0 Å². The molecule has 0 saturated heterocycles. The lowest BCUT2D eigenvalue weighted by Gasteiger charge is -2.17. The van der Waals surface area contributed by atoms with Gasteiger partial charge in [-0.15, -0.1) is 11.3 Å². The van der Waals surface area contributed by atoms with Crippen LogP contribution >= 0.6 is 11.3 Å². The normalized spacial score (nSPS) is 15.7. The summed E-state index contributed by atoms with van der Waals surface area (Å²) in [6, 6.07) is 2.44. The molecule has 0 aliphatic carbocycles. The van der Waals surface area contributed by atoms with Crippen LogP contribution in [0.25, 0.3) is 0 Å². The third-order valence-corrected chi connectivity index (χ3v) is 3.37. The van der Waals surface area contributed by atoms with Gasteiger partial charge in [0.1, 0.15) is 0 Å². The molecule has 1 heterocycles. The van der Waals surface area contributed by atoms with Crippen LogP contribution in [0.5, 0.6) is 0 Å². The zero-order valence-electron chi connectivity index (χ0n) is 8.71. The summed E-state index contributed by atoms with van der Waals surface area (Å²) in [6.07, 6.45) is 2.44. The summed E-state index contributed by atoms with van der Waals surface area (Å²) in [6.45, 7) is 6.58. The fraction of sp³-hybridized carbons (Fsp3) is 0.636. The SMILES string of the molecule is CCCC(C)C(N)c1csc(C)c1. The largest absolute Gasteiger partial charge is 0.324 e. The maximum absolute atomic E-state index is 6.14. The van der Waals surface area contributed by atoms with Crippen molar-refractivity contribution in [2.24, 2.45) is 11.7 Å². The van der Waals surface area contributed by atoms with E-state index in [1.807, 2.05) is 0 Å². The predicted molar refractivity (Wildman–Crippen MR) is 60.1 cm³/mol. The molecule has 13 heavy (non-hydrogen) atoms. The van der Waals surface area contributed by atoms with Gasteiger partial charge in [-0.3, -0.25) is 0 Å². The van der Waals surface area contributed by atoms with Gasteiger partial charge in [-0.1, -0.05) is 20.3 Å². The molecule has 0 bridgehead atoms. The first-order valence-electron chi connectivity index (χ1n) is 4.95. The molecule has 0 aromatic carbocycles. The van der Waals surface area contributed by atoms with E-state index < -0.39 is 0 Å². The van der Waals surface area contributed by atoms with E-state index in [-0.39, 0.29) is 6.04 Å². The van der Waals surface area contributed by atoms with Crippen LogP contribution in [0, 0.1) is 12.8 Å². The first kappa shape index (κ1) is 10.7. The smallest absolute Gasteiger partial charge is 0.0329 e. The van der Waals surface area contributed by atoms with Crippen LogP contribution in [0.15, 0.2) is 11.4 Å². The molecule has 0 saturated carbocycles. The number of hydrogen-bond donors (Lipinski definition) is 1. The van der Waals surface area contributed by atoms with Gasteiger partial charge in [-0.05, 0) is 36.3 Å². The number of nitrogens with two attached hydrogens (primary N) is 1. The van der Waals surface area contributed by atoms with Crippen molar-refractivity contribution in [3.63, 3.8) is 0 Å². The summed E-state index contributed by atoms with van der Waals surface area (Å²) in [5.41, 5.74) is 7.45. The van der Waals surface area contributed by atoms with Crippen LogP contribution in [-0.2, 0) is 0 Å². The molecule has 0 amide bonds. The highest BCUT2D eigenvalue weighted by Crippen LogP contribution is 2.26. The van der Waals surface area contributed by atoms with E-state index in [9.17, 15) is 0 Å². The molecule has 0 radical (unpaired) electrons. The Morgan fingerprint density at radius 3 is 2.69 bits per heavy atom. The van der Waals surface area contributed by atoms with Crippen molar-refractivity contribution in [3.8, 4) is 0 Å². The van der Waals surface area contributed by atoms with Crippen LogP contribution in [0.2, 0.25) is 0 Å². The number of thiophene rings is 1. The second kappa shape index (κ2) is 4.77. The van der Waals surface area contributed by atoms with E-state index in [4.69, 9.17) is 5.73 Å². The molecule has 74 valence electrons. The Morgan fingerprint density at radius 1 is 1.54 bits per heavy atom. The molecule has 1 rings (SSSR count). The lowest BCUT2D eigenvalue weighted by Crippen LogP contribution is -2.18. The van der Waals surface area contributed by atoms with E-state index >= 15 is 0 Å². The minimum Gasteiger partial charge on any atom is -0.324 e. The van der Waals surface area contributed by atoms with Crippen LogP contribution in [0.3, 0.4) is 0 Å². The van der Waals surface area contributed by atoms with Gasteiger partial charge in [0.25, 0.3) is 0 Å². The highest BCUT2D eigenvalue weighted by molar-refractivity contribution is 7.10. The van der Waals surface area contributed by atoms with Gasteiger partial charge in [0.15, 0.2) is 0 Å². The molecule has 1 aromatic heterocycles. The maximum atomic E-state index is 6.14. The molecule has 1 aromatic rings. The van der Waals surface area contributed by atoms with Gasteiger partial charge in [-0.2, -0.15) is 0 Å². The molecule has 2 N–H and O–H groups in total. The second-order valence-corrected chi connectivity index (χ2v) is 4.90. The Kier molecular flexibility index (Phi) is 3.94. The molecule has 0 spiro atoms. The third kappa shape index (κ3) is 2.82. The summed E-state index contributed by atoms with van der Waals surface area (Å²) in [5.74, 6) is 0.596. The molecular formula is C11H19NS. The Morgan fingerprint density at radius 2 is 2.23 bits per heavy atom. The molecule has 1 nitrogen and oxygen atoms in total. The van der Waals surface area contributed by atoms with Gasteiger partial charge in [-0.25, -0.2) is 0 Å². The van der Waals surface area contributed by atoms with Gasteiger partial charge < -0.3 is 5.73 Å². The lowest BCUT2D eigenvalue weighted by atomic mass is 9.93. The first-order chi connectivity index (χ1) is 6.15. The van der Waals surface area contributed by atoms with E-state index in [2.05, 4.69) is 32.2 Å². The van der Waals surface area contributed by atoms with Crippen molar-refractivity contribution >= 4 is 11.3 Å². The molecule has 0 aliphatic heterocycles. The van der Waals surface area contributed by atoms with Crippen molar-refractivity contribution in [3.05, 3.63) is 21.9 Å². The van der Waals surface area contributed by atoms with Crippen molar-refractivity contribution in [2.45, 2.75) is 39.7 Å². The van der Waals surface area contributed by atoms with E-state index in [0.29, 0.717) is 5.92 Å². The Labute approximate surface area is 85.0 Å². The van der Waals surface area contributed by atoms with Gasteiger partial charge in [0.05, 0.1) is 0 Å². The topological polar surface area (TPSA) is 26.0 Å². The quantitative estimate of drug-likeness (QED) is 0.785. The van der Waals surface area contributed by atoms with Crippen molar-refractivity contribution in [1.29, 1.82) is 0 Å². The highest BCUT2D eigenvalue weighted by Gasteiger charge is 2.14. The third-order valence-electron chi connectivity index (χ3n) is 2.49. The molecule has 0 aliphatic rings. The summed E-state index contributed by atoms with van der Waals surface area (Å²) in [7, 11) is 0. The summed E-state index contributed by atoms with van der Waals surface area (Å²) in [4.78, 5) is 1.36. The summed E-state index contributed by atoms with van der Waals surface area (Å²) in [5, 5.41) is 2.19. The fourth-order valence-corrected chi connectivity index (χ4v) is 2.35. The van der Waals surface area contributed by atoms with Crippen molar-refractivity contribution in [2.75, 3.05) is 0 Å². The number of hydrogen-bond acceptors (Lipinski definition) is 2. The standard InChI is InChI=1S/C11H19NS/c1-4-5-8(2)11(12)10-6-9(3)13-7-10/h6-8,11H,4-5,12H2,1-3H3. The molecule has 2 unspecified atom stereocenters. The van der Waals surface area contributed by atoms with Crippen molar-refractivity contribution in [1.82, 2.24) is 0 Å². The maximum Gasteiger partial charge on any atom is 0.0329 e. The summed E-state index contributed by atoms with van der Waals surface area (Å²) >= 11 is 1.79. The Hall–Kier alpha value is -0.340. The minimum atomic E-state index is 0.227. The zero-order chi connectivity index (χ0) is 9.84. The molecule has 2 heteroatoms. The molecule has 0 fully saturated rings. The summed E-state index contributed by atoms with van der Waals surface area (Å²) < 4.78 is 0. The Bertz CT molecular complexity index is 254. The number of aryl methyl sites for hydroxylation is 1. The average molecular weight is 197 g/mol. The molecular weight excluding hydrogens is 178 g/mol. The number of rotatable bonds is 4.